The first-order valence-corrected chi connectivity index (χ1v) is 9.18. The number of hydrogen-bond donors (Lipinski definition) is 1. The van der Waals surface area contributed by atoms with Crippen LogP contribution >= 0.6 is 0 Å². The smallest absolute Gasteiger partial charge is 0.321 e. The van der Waals surface area contributed by atoms with E-state index in [1.807, 2.05) is 36.1 Å². The van der Waals surface area contributed by atoms with Crippen LogP contribution in [0.25, 0.3) is 0 Å². The van der Waals surface area contributed by atoms with Crippen molar-refractivity contribution < 1.29 is 9.53 Å². The van der Waals surface area contributed by atoms with E-state index in [2.05, 4.69) is 10.2 Å². The Morgan fingerprint density at radius 3 is 2.79 bits per heavy atom. The van der Waals surface area contributed by atoms with Crippen molar-refractivity contribution in [1.29, 1.82) is 0 Å². The molecule has 1 aromatic carbocycles. The summed E-state index contributed by atoms with van der Waals surface area (Å²) in [4.78, 5) is 16.7. The van der Waals surface area contributed by atoms with Crippen LogP contribution in [0.3, 0.4) is 0 Å². The van der Waals surface area contributed by atoms with Gasteiger partial charge < -0.3 is 19.9 Å². The molecule has 2 saturated heterocycles. The summed E-state index contributed by atoms with van der Waals surface area (Å²) < 4.78 is 6.00. The third-order valence-corrected chi connectivity index (χ3v) is 5.03. The van der Waals surface area contributed by atoms with Gasteiger partial charge in [-0.25, -0.2) is 4.79 Å². The monoisotopic (exact) mass is 331 g/mol. The molecule has 2 fully saturated rings. The number of urea groups is 1. The van der Waals surface area contributed by atoms with Gasteiger partial charge in [0.1, 0.15) is 0 Å². The summed E-state index contributed by atoms with van der Waals surface area (Å²) in [5.74, 6) is 0. The van der Waals surface area contributed by atoms with E-state index in [0.717, 1.165) is 37.4 Å². The number of rotatable bonds is 5. The van der Waals surface area contributed by atoms with Crippen LogP contribution in [0.5, 0.6) is 0 Å². The van der Waals surface area contributed by atoms with E-state index in [9.17, 15) is 4.79 Å². The largest absolute Gasteiger partial charge is 0.375 e. The average Bonchev–Trinajstić information content (AvgIpc) is 3.07. The first kappa shape index (κ1) is 17.2. The number of nitrogens with zero attached hydrogens (tertiary/aromatic N) is 2. The quantitative estimate of drug-likeness (QED) is 0.902. The molecule has 0 saturated carbocycles. The van der Waals surface area contributed by atoms with Crippen LogP contribution in [0, 0.1) is 6.92 Å². The topological polar surface area (TPSA) is 44.8 Å². The highest BCUT2D eigenvalue weighted by Gasteiger charge is 2.27. The lowest BCUT2D eigenvalue weighted by Gasteiger charge is -2.26. The van der Waals surface area contributed by atoms with Crippen LogP contribution in [0.2, 0.25) is 0 Å². The Kier molecular flexibility index (Phi) is 6.10. The molecular formula is C19H29N3O2. The molecule has 2 heterocycles. The van der Waals surface area contributed by atoms with Crippen LogP contribution in [0.4, 0.5) is 10.5 Å². The predicted molar refractivity (Wildman–Crippen MR) is 96.4 cm³/mol. The van der Waals surface area contributed by atoms with Crippen molar-refractivity contribution >= 4 is 11.7 Å². The van der Waals surface area contributed by atoms with E-state index < -0.39 is 0 Å². The number of aryl methyl sites for hydroxylation is 1. The molecule has 1 N–H and O–H groups in total. The van der Waals surface area contributed by atoms with E-state index in [-0.39, 0.29) is 12.1 Å². The molecule has 0 aliphatic carbocycles. The summed E-state index contributed by atoms with van der Waals surface area (Å²) in [6.07, 6.45) is 5.11. The Hall–Kier alpha value is -1.59. The van der Waals surface area contributed by atoms with Crippen LogP contribution in [0.15, 0.2) is 24.3 Å². The molecule has 1 aromatic rings. The van der Waals surface area contributed by atoms with Gasteiger partial charge in [0.15, 0.2) is 0 Å². The molecule has 0 spiro atoms. The molecule has 2 amide bonds. The highest BCUT2D eigenvalue weighted by atomic mass is 16.5. The molecule has 1 atom stereocenters. The van der Waals surface area contributed by atoms with Gasteiger partial charge in [-0.05, 0) is 50.9 Å². The van der Waals surface area contributed by atoms with Gasteiger partial charge in [-0.3, -0.25) is 0 Å². The van der Waals surface area contributed by atoms with Crippen molar-refractivity contribution in [1.82, 2.24) is 9.80 Å². The molecule has 0 bridgehead atoms. The van der Waals surface area contributed by atoms with Gasteiger partial charge in [0, 0.05) is 25.3 Å². The van der Waals surface area contributed by atoms with Gasteiger partial charge in [-0.1, -0.05) is 24.6 Å². The fourth-order valence-corrected chi connectivity index (χ4v) is 3.49. The third-order valence-electron chi connectivity index (χ3n) is 5.03. The van der Waals surface area contributed by atoms with Gasteiger partial charge in [0.25, 0.3) is 0 Å². The second-order valence-electron chi connectivity index (χ2n) is 6.87. The van der Waals surface area contributed by atoms with Crippen molar-refractivity contribution in [3.8, 4) is 0 Å². The van der Waals surface area contributed by atoms with Crippen LogP contribution in [-0.4, -0.2) is 61.3 Å². The van der Waals surface area contributed by atoms with Gasteiger partial charge >= 0.3 is 6.03 Å². The number of para-hydroxylation sites is 1. The van der Waals surface area contributed by atoms with Crippen LogP contribution in [-0.2, 0) is 4.74 Å². The molecule has 0 aromatic heterocycles. The Bertz CT molecular complexity index is 543. The lowest BCUT2D eigenvalue weighted by Crippen LogP contribution is -2.35. The van der Waals surface area contributed by atoms with Crippen molar-refractivity contribution in [3.05, 3.63) is 29.8 Å². The number of hydrogen-bond acceptors (Lipinski definition) is 3. The molecule has 0 unspecified atom stereocenters. The molecule has 24 heavy (non-hydrogen) atoms. The molecule has 5 nitrogen and oxygen atoms in total. The highest BCUT2D eigenvalue weighted by molar-refractivity contribution is 5.90. The number of likely N-dealkylation sites (tertiary alicyclic amines) is 2. The molecule has 5 heteroatoms. The van der Waals surface area contributed by atoms with Crippen molar-refractivity contribution in [2.45, 2.75) is 38.7 Å². The summed E-state index contributed by atoms with van der Waals surface area (Å²) in [7, 11) is 0. The zero-order valence-electron chi connectivity index (χ0n) is 14.7. The van der Waals surface area contributed by atoms with Crippen molar-refractivity contribution in [3.63, 3.8) is 0 Å². The lowest BCUT2D eigenvalue weighted by molar-refractivity contribution is 0.0416. The molecular weight excluding hydrogens is 302 g/mol. The Morgan fingerprint density at radius 2 is 2.00 bits per heavy atom. The number of piperidine rings is 1. The maximum absolute atomic E-state index is 12.4. The van der Waals surface area contributed by atoms with Gasteiger partial charge in [-0.2, -0.15) is 0 Å². The van der Waals surface area contributed by atoms with Crippen LogP contribution < -0.4 is 5.32 Å². The lowest BCUT2D eigenvalue weighted by atomic mass is 10.1. The van der Waals surface area contributed by atoms with Crippen molar-refractivity contribution in [2.75, 3.05) is 44.6 Å². The second-order valence-corrected chi connectivity index (χ2v) is 6.87. The number of nitrogens with one attached hydrogen (secondary N) is 1. The first-order chi connectivity index (χ1) is 11.7. The maximum atomic E-state index is 12.4. The number of amides is 2. The minimum absolute atomic E-state index is 0.0218. The zero-order chi connectivity index (χ0) is 16.8. The van der Waals surface area contributed by atoms with E-state index in [4.69, 9.17) is 4.74 Å². The predicted octanol–water partition coefficient (Wildman–Crippen LogP) is 3.10. The normalized spacial score (nSPS) is 21.9. The van der Waals surface area contributed by atoms with E-state index in [1.54, 1.807) is 0 Å². The summed E-state index contributed by atoms with van der Waals surface area (Å²) >= 11 is 0. The molecule has 132 valence electrons. The SMILES string of the molecule is Cc1ccccc1NC(=O)N1CC[C@@H](OCCN2CCCCC2)C1. The van der Waals surface area contributed by atoms with Crippen molar-refractivity contribution in [2.24, 2.45) is 0 Å². The van der Waals surface area contributed by atoms with E-state index in [1.165, 1.54) is 32.4 Å². The third kappa shape index (κ3) is 4.71. The number of anilines is 1. The minimum atomic E-state index is -0.0218. The second kappa shape index (κ2) is 8.49. The van der Waals surface area contributed by atoms with E-state index in [0.29, 0.717) is 6.54 Å². The molecule has 0 radical (unpaired) electrons. The van der Waals surface area contributed by atoms with Gasteiger partial charge in [0.2, 0.25) is 0 Å². The summed E-state index contributed by atoms with van der Waals surface area (Å²) in [5, 5.41) is 3.00. The minimum Gasteiger partial charge on any atom is -0.375 e. The standard InChI is InChI=1S/C19H29N3O2/c1-16-7-3-4-8-18(16)20-19(23)22-12-9-17(15-22)24-14-13-21-10-5-2-6-11-21/h3-4,7-8,17H,2,5-6,9-15H2,1H3,(H,20,23)/t17-/m1/s1. The summed E-state index contributed by atoms with van der Waals surface area (Å²) in [6.45, 7) is 7.68. The fraction of sp³-hybridized carbons (Fsp3) is 0.632. The Balaban J connectivity index is 1.38. The number of carbonyl (C=O) groups excluding carboxylic acids is 1. The van der Waals surface area contributed by atoms with Gasteiger partial charge in [0.05, 0.1) is 12.7 Å². The van der Waals surface area contributed by atoms with Gasteiger partial charge in [-0.15, -0.1) is 0 Å². The number of benzene rings is 1. The zero-order valence-corrected chi connectivity index (χ0v) is 14.7. The number of ether oxygens (including phenoxy) is 1. The summed E-state index contributed by atoms with van der Waals surface area (Å²) in [6, 6.07) is 7.85. The van der Waals surface area contributed by atoms with Crippen LogP contribution in [0.1, 0.15) is 31.2 Å². The summed E-state index contributed by atoms with van der Waals surface area (Å²) in [5.41, 5.74) is 1.97. The fourth-order valence-electron chi connectivity index (χ4n) is 3.49. The highest BCUT2D eigenvalue weighted by Crippen LogP contribution is 2.17. The molecule has 2 aliphatic rings. The average molecular weight is 331 g/mol. The Morgan fingerprint density at radius 1 is 1.21 bits per heavy atom. The maximum Gasteiger partial charge on any atom is 0.321 e. The Labute approximate surface area is 145 Å². The first-order valence-electron chi connectivity index (χ1n) is 9.18. The number of carbonyl (C=O) groups is 1. The van der Waals surface area contributed by atoms with E-state index >= 15 is 0 Å². The molecule has 2 aliphatic heterocycles. The molecule has 3 rings (SSSR count).